The van der Waals surface area contributed by atoms with Crippen LogP contribution >= 0.6 is 0 Å². The lowest BCUT2D eigenvalue weighted by Gasteiger charge is -2.49. The number of guanidine groups is 1. The summed E-state index contributed by atoms with van der Waals surface area (Å²) in [6, 6.07) is 0.196. The minimum Gasteiger partial charge on any atom is -0.356 e. The number of piperazine rings is 1. The van der Waals surface area contributed by atoms with Crippen molar-refractivity contribution in [1.82, 2.24) is 24.7 Å². The van der Waals surface area contributed by atoms with Crippen LogP contribution in [0, 0.1) is 0 Å². The number of rotatable bonds is 4. The van der Waals surface area contributed by atoms with Gasteiger partial charge in [0.15, 0.2) is 5.96 Å². The number of nitrogens with zero attached hydrogens (tertiary/aromatic N) is 5. The second kappa shape index (κ2) is 7.23. The van der Waals surface area contributed by atoms with Crippen LogP contribution in [-0.2, 0) is 18.4 Å². The topological polar surface area (TPSA) is 65.8 Å². The third-order valence-corrected chi connectivity index (χ3v) is 4.27. The molecule has 1 N–H and O–H groups in total. The largest absolute Gasteiger partial charge is 0.356 e. The van der Waals surface area contributed by atoms with E-state index in [2.05, 4.69) is 43.0 Å². The first-order chi connectivity index (χ1) is 11.3. The number of imidazole rings is 1. The molecule has 1 amide bonds. The van der Waals surface area contributed by atoms with Crippen LogP contribution in [0.25, 0.3) is 0 Å². The zero-order chi connectivity index (χ0) is 17.9. The molecule has 0 aliphatic carbocycles. The average Bonchev–Trinajstić information content (AvgIpc) is 2.86. The van der Waals surface area contributed by atoms with Gasteiger partial charge in [0.1, 0.15) is 12.4 Å². The summed E-state index contributed by atoms with van der Waals surface area (Å²) >= 11 is 0. The lowest BCUT2D eigenvalue weighted by atomic mass is 9.96. The van der Waals surface area contributed by atoms with Gasteiger partial charge in [0.2, 0.25) is 5.91 Å². The highest BCUT2D eigenvalue weighted by Crippen LogP contribution is 2.24. The normalized spacial score (nSPS) is 18.5. The van der Waals surface area contributed by atoms with Crippen LogP contribution in [0.1, 0.15) is 40.4 Å². The summed E-state index contributed by atoms with van der Waals surface area (Å²) < 4.78 is 1.96. The lowest BCUT2D eigenvalue weighted by Crippen LogP contribution is -2.66. The van der Waals surface area contributed by atoms with Gasteiger partial charge < -0.3 is 19.7 Å². The first kappa shape index (κ1) is 18.3. The zero-order valence-corrected chi connectivity index (χ0v) is 15.7. The molecule has 0 bridgehead atoms. The zero-order valence-electron chi connectivity index (χ0n) is 15.7. The molecule has 2 heterocycles. The predicted octanol–water partition coefficient (Wildman–Crippen LogP) is 1.22. The van der Waals surface area contributed by atoms with Crippen LogP contribution in [0.3, 0.4) is 0 Å². The molecule has 1 saturated heterocycles. The first-order valence-corrected chi connectivity index (χ1v) is 8.58. The van der Waals surface area contributed by atoms with Gasteiger partial charge in [0, 0.05) is 38.6 Å². The Kier molecular flexibility index (Phi) is 5.51. The molecule has 0 unspecified atom stereocenters. The molecule has 24 heavy (non-hydrogen) atoms. The summed E-state index contributed by atoms with van der Waals surface area (Å²) in [5.74, 6) is 1.81. The molecule has 0 saturated carbocycles. The third kappa shape index (κ3) is 3.88. The minimum atomic E-state index is -0.233. The van der Waals surface area contributed by atoms with Crippen molar-refractivity contribution < 1.29 is 4.79 Å². The number of aryl methyl sites for hydroxylation is 1. The molecule has 1 aliphatic rings. The van der Waals surface area contributed by atoms with Crippen LogP contribution in [-0.4, -0.2) is 62.4 Å². The first-order valence-electron chi connectivity index (χ1n) is 8.58. The second-order valence-corrected chi connectivity index (χ2v) is 7.15. The highest BCUT2D eigenvalue weighted by atomic mass is 16.2. The van der Waals surface area contributed by atoms with Gasteiger partial charge in [-0.25, -0.2) is 9.98 Å². The van der Waals surface area contributed by atoms with E-state index < -0.39 is 0 Å². The van der Waals surface area contributed by atoms with Gasteiger partial charge in [-0.15, -0.1) is 0 Å². The molecule has 0 spiro atoms. The molecule has 134 valence electrons. The minimum absolute atomic E-state index is 0.142. The van der Waals surface area contributed by atoms with Gasteiger partial charge in [-0.1, -0.05) is 0 Å². The van der Waals surface area contributed by atoms with E-state index in [1.54, 1.807) is 6.20 Å². The summed E-state index contributed by atoms with van der Waals surface area (Å²) in [5.41, 5.74) is -0.233. The number of carbonyl (C=O) groups is 1. The highest BCUT2D eigenvalue weighted by Gasteiger charge is 2.40. The maximum atomic E-state index is 12.6. The number of amides is 1. The molecule has 0 atom stereocenters. The van der Waals surface area contributed by atoms with Crippen molar-refractivity contribution in [2.45, 2.75) is 52.7 Å². The number of hydrogen-bond acceptors (Lipinski definition) is 3. The molecule has 7 nitrogen and oxygen atoms in total. The summed E-state index contributed by atoms with van der Waals surface area (Å²) in [4.78, 5) is 25.7. The molecule has 1 fully saturated rings. The molecular weight excluding hydrogens is 304 g/mol. The van der Waals surface area contributed by atoms with Crippen LogP contribution in [0.15, 0.2) is 17.4 Å². The third-order valence-electron chi connectivity index (χ3n) is 4.27. The van der Waals surface area contributed by atoms with E-state index in [9.17, 15) is 4.79 Å². The molecule has 0 aromatic carbocycles. The number of hydrogen-bond donors (Lipinski definition) is 1. The fourth-order valence-electron chi connectivity index (χ4n) is 3.43. The van der Waals surface area contributed by atoms with E-state index in [4.69, 9.17) is 0 Å². The predicted molar refractivity (Wildman–Crippen MR) is 95.7 cm³/mol. The van der Waals surface area contributed by atoms with Gasteiger partial charge in [-0.2, -0.15) is 0 Å². The van der Waals surface area contributed by atoms with E-state index in [0.29, 0.717) is 13.1 Å². The monoisotopic (exact) mass is 334 g/mol. The molecular formula is C17H30N6O. The Labute approximate surface area is 144 Å². The fraction of sp³-hybridized carbons (Fsp3) is 0.706. The van der Waals surface area contributed by atoms with Crippen molar-refractivity contribution in [2.75, 3.05) is 19.6 Å². The summed E-state index contributed by atoms with van der Waals surface area (Å²) in [7, 11) is 1.96. The van der Waals surface area contributed by atoms with Crippen LogP contribution in [0.2, 0.25) is 0 Å². The summed E-state index contributed by atoms with van der Waals surface area (Å²) in [6.45, 7) is 12.7. The lowest BCUT2D eigenvalue weighted by molar-refractivity contribution is -0.145. The van der Waals surface area contributed by atoms with Crippen LogP contribution in [0.5, 0.6) is 0 Å². The van der Waals surface area contributed by atoms with Crippen molar-refractivity contribution >= 4 is 11.9 Å². The van der Waals surface area contributed by atoms with Crippen molar-refractivity contribution in [2.24, 2.45) is 12.0 Å². The Hall–Kier alpha value is -2.05. The Bertz CT molecular complexity index is 604. The Morgan fingerprint density at radius 2 is 2.17 bits per heavy atom. The molecule has 0 radical (unpaired) electrons. The van der Waals surface area contributed by atoms with Crippen molar-refractivity contribution in [1.29, 1.82) is 0 Å². The van der Waals surface area contributed by atoms with Gasteiger partial charge in [0.25, 0.3) is 0 Å². The van der Waals surface area contributed by atoms with Crippen LogP contribution in [0.4, 0.5) is 0 Å². The fourth-order valence-corrected chi connectivity index (χ4v) is 3.43. The Morgan fingerprint density at radius 3 is 2.67 bits per heavy atom. The second-order valence-electron chi connectivity index (χ2n) is 7.15. The highest BCUT2D eigenvalue weighted by molar-refractivity contribution is 5.88. The number of aliphatic imine (C=N–C) groups is 1. The standard InChI is InChI=1S/C17H30N6O/c1-7-18-16(20-10-14-19-8-9-21(14)6)22-11-15(24)23(13(2)3)17(4,5)12-22/h8-9,13H,7,10-12H2,1-6H3,(H,18,20). The van der Waals surface area contributed by atoms with Gasteiger partial charge in [-0.05, 0) is 34.6 Å². The Morgan fingerprint density at radius 1 is 1.46 bits per heavy atom. The van der Waals surface area contributed by atoms with Crippen LogP contribution < -0.4 is 5.32 Å². The van der Waals surface area contributed by atoms with E-state index >= 15 is 0 Å². The van der Waals surface area contributed by atoms with E-state index in [0.717, 1.165) is 24.9 Å². The van der Waals surface area contributed by atoms with Gasteiger partial charge in [-0.3, -0.25) is 4.79 Å². The van der Waals surface area contributed by atoms with Gasteiger partial charge in [0.05, 0.1) is 12.1 Å². The van der Waals surface area contributed by atoms with Gasteiger partial charge >= 0.3 is 0 Å². The molecule has 1 aromatic rings. The summed E-state index contributed by atoms with van der Waals surface area (Å²) in [6.07, 6.45) is 3.68. The maximum absolute atomic E-state index is 12.6. The SMILES string of the molecule is CCNC(=NCc1nccn1C)N1CC(=O)N(C(C)C)C(C)(C)C1. The van der Waals surface area contributed by atoms with Crippen molar-refractivity contribution in [3.05, 3.63) is 18.2 Å². The quantitative estimate of drug-likeness (QED) is 0.664. The molecule has 2 rings (SSSR count). The van der Waals surface area contributed by atoms with E-state index in [1.807, 2.05) is 34.5 Å². The van der Waals surface area contributed by atoms with E-state index in [-0.39, 0.29) is 17.5 Å². The molecule has 7 heteroatoms. The number of carbonyl (C=O) groups excluding carboxylic acids is 1. The van der Waals surface area contributed by atoms with E-state index in [1.165, 1.54) is 0 Å². The van der Waals surface area contributed by atoms with Crippen molar-refractivity contribution in [3.8, 4) is 0 Å². The molecule has 1 aliphatic heterocycles. The molecule has 1 aromatic heterocycles. The number of nitrogens with one attached hydrogen (secondary N) is 1. The Balaban J connectivity index is 2.19. The average molecular weight is 334 g/mol. The smallest absolute Gasteiger partial charge is 0.242 e. The number of aromatic nitrogens is 2. The van der Waals surface area contributed by atoms with Crippen molar-refractivity contribution in [3.63, 3.8) is 0 Å². The summed E-state index contributed by atoms with van der Waals surface area (Å²) in [5, 5.41) is 3.30. The maximum Gasteiger partial charge on any atom is 0.242 e.